The predicted molar refractivity (Wildman–Crippen MR) is 218 cm³/mol. The molecule has 15 nitrogen and oxygen atoms in total. The Morgan fingerprint density at radius 1 is 0.933 bits per heavy atom. The molecule has 60 heavy (non-hydrogen) atoms. The number of rotatable bonds is 13. The number of carboxylic acid groups (broad SMARTS) is 1. The summed E-state index contributed by atoms with van der Waals surface area (Å²) in [6.07, 6.45) is -3.21. The maximum Gasteiger partial charge on any atom is 0.490 e. The number of hydrogen-bond donors (Lipinski definition) is 6. The number of nitrogens with one attached hydrogen (secondary N) is 3. The molecule has 5 atom stereocenters. The van der Waals surface area contributed by atoms with Crippen LogP contribution in [-0.4, -0.2) is 105 Å². The highest BCUT2D eigenvalue weighted by Crippen LogP contribution is 2.35. The van der Waals surface area contributed by atoms with Crippen LogP contribution in [-0.2, 0) is 19.6 Å². The van der Waals surface area contributed by atoms with Gasteiger partial charge in [0.1, 0.15) is 12.2 Å². The Bertz CT molecular complexity index is 2330. The third-order valence-corrected chi connectivity index (χ3v) is 11.4. The Balaban J connectivity index is 0.000000793. The van der Waals surface area contributed by atoms with Gasteiger partial charge in [-0.2, -0.15) is 23.1 Å². The van der Waals surface area contributed by atoms with Crippen molar-refractivity contribution in [3.8, 4) is 0 Å². The van der Waals surface area contributed by atoms with Crippen LogP contribution in [0.25, 0.3) is 17.2 Å². The standard InChI is InChI=1S/C39H44N8O5S.C2HF3O2/c1-2-33(48)42-31-22-32(36(50)35(31)49)47-25-41-34-37(40-23-30(27-14-8-4-9-15-27)28-16-10-5-11-17-28)43-39(44-38(34)47)46-20-18-29(24-46)45-53(51,52)21-19-26-12-6-3-7-13-26;3-2(4,5)1(6)7/h3-17,19,21,25,29-32,35-36,45,49-50H,2,18,20,22-24H2,1H3,(H,42,48)(H,40,43,44);(H,6,7)/b21-19+;/t29-,31+,32-,35-,36+;/m1./s1. The Kier molecular flexibility index (Phi) is 13.8. The van der Waals surface area contributed by atoms with Crippen LogP contribution in [0.5, 0.6) is 0 Å². The van der Waals surface area contributed by atoms with Crippen LogP contribution >= 0.6 is 0 Å². The number of carbonyl (C=O) groups is 2. The molecule has 2 aliphatic rings. The molecule has 19 heteroatoms. The number of fused-ring (bicyclic) bond motifs is 1. The molecule has 3 heterocycles. The van der Waals surface area contributed by atoms with Gasteiger partial charge in [0.15, 0.2) is 17.0 Å². The summed E-state index contributed by atoms with van der Waals surface area (Å²) in [7, 11) is -3.72. The number of aliphatic carboxylic acids is 1. The van der Waals surface area contributed by atoms with Crippen molar-refractivity contribution in [2.24, 2.45) is 0 Å². The third kappa shape index (κ3) is 10.8. The summed E-state index contributed by atoms with van der Waals surface area (Å²) < 4.78 is 62.3. The number of imidazole rings is 1. The maximum absolute atomic E-state index is 13.0. The maximum atomic E-state index is 13.0. The number of hydrogen-bond acceptors (Lipinski definition) is 11. The lowest BCUT2D eigenvalue weighted by molar-refractivity contribution is -0.192. The average Bonchev–Trinajstić information content (AvgIpc) is 3.95. The molecule has 1 aliphatic heterocycles. The molecule has 318 valence electrons. The summed E-state index contributed by atoms with van der Waals surface area (Å²) >= 11 is 0. The van der Waals surface area contributed by atoms with Crippen LogP contribution in [0.4, 0.5) is 24.9 Å². The van der Waals surface area contributed by atoms with Crippen molar-refractivity contribution in [3.05, 3.63) is 119 Å². The smallest absolute Gasteiger partial charge is 0.475 e. The topological polar surface area (TPSA) is 212 Å². The van der Waals surface area contributed by atoms with Gasteiger partial charge in [-0.05, 0) is 35.6 Å². The molecule has 1 saturated heterocycles. The van der Waals surface area contributed by atoms with E-state index in [9.17, 15) is 36.6 Å². The van der Waals surface area contributed by atoms with Crippen molar-refractivity contribution in [1.82, 2.24) is 29.6 Å². The Morgan fingerprint density at radius 2 is 1.53 bits per heavy atom. The highest BCUT2D eigenvalue weighted by Gasteiger charge is 2.44. The van der Waals surface area contributed by atoms with Gasteiger partial charge in [-0.3, -0.25) is 4.79 Å². The Labute approximate surface area is 344 Å². The molecule has 2 fully saturated rings. The van der Waals surface area contributed by atoms with Crippen LogP contribution in [0, 0.1) is 0 Å². The molecular weight excluding hydrogens is 806 g/mol. The van der Waals surface area contributed by atoms with Crippen LogP contribution in [0.3, 0.4) is 0 Å². The molecule has 1 amide bonds. The first-order valence-corrected chi connectivity index (χ1v) is 20.7. The lowest BCUT2D eigenvalue weighted by Crippen LogP contribution is -2.42. The molecule has 2 aromatic heterocycles. The van der Waals surface area contributed by atoms with Crippen molar-refractivity contribution >= 4 is 50.9 Å². The summed E-state index contributed by atoms with van der Waals surface area (Å²) in [6.45, 7) is 3.06. The fourth-order valence-electron chi connectivity index (χ4n) is 7.19. The number of halogens is 3. The number of anilines is 2. The van der Waals surface area contributed by atoms with E-state index in [-0.39, 0.29) is 30.7 Å². The summed E-state index contributed by atoms with van der Waals surface area (Å²) in [6, 6.07) is 28.0. The molecule has 0 bridgehead atoms. The number of carboxylic acids is 1. The van der Waals surface area contributed by atoms with E-state index in [0.29, 0.717) is 49.0 Å². The van der Waals surface area contributed by atoms with E-state index in [0.717, 1.165) is 16.7 Å². The van der Waals surface area contributed by atoms with Crippen molar-refractivity contribution in [2.75, 3.05) is 29.9 Å². The number of amides is 1. The summed E-state index contributed by atoms with van der Waals surface area (Å²) in [4.78, 5) is 37.6. The molecule has 5 aromatic rings. The number of nitrogens with zero attached hydrogens (tertiary/aromatic N) is 5. The predicted octanol–water partition coefficient (Wildman–Crippen LogP) is 4.43. The molecule has 6 N–H and O–H groups in total. The van der Waals surface area contributed by atoms with E-state index in [1.165, 1.54) is 5.41 Å². The second-order valence-corrected chi connectivity index (χ2v) is 16.0. The number of benzene rings is 3. The van der Waals surface area contributed by atoms with E-state index in [1.807, 2.05) is 71.6 Å². The number of aromatic nitrogens is 4. The molecule has 0 unspecified atom stereocenters. The van der Waals surface area contributed by atoms with Crippen molar-refractivity contribution < 1.29 is 46.5 Å². The molecule has 1 saturated carbocycles. The minimum Gasteiger partial charge on any atom is -0.475 e. The largest absolute Gasteiger partial charge is 0.490 e. The van der Waals surface area contributed by atoms with Gasteiger partial charge in [0.05, 0.1) is 18.4 Å². The average molecular weight is 851 g/mol. The van der Waals surface area contributed by atoms with E-state index < -0.39 is 46.5 Å². The zero-order chi connectivity index (χ0) is 43.0. The molecule has 0 radical (unpaired) electrons. The Hall–Kier alpha value is -5.89. The van der Waals surface area contributed by atoms with Crippen molar-refractivity contribution in [2.45, 2.75) is 68.6 Å². The lowest BCUT2D eigenvalue weighted by Gasteiger charge is -2.22. The molecule has 3 aromatic carbocycles. The number of sulfonamides is 1. The second-order valence-electron chi connectivity index (χ2n) is 14.4. The number of alkyl halides is 3. The summed E-state index contributed by atoms with van der Waals surface area (Å²) in [5.74, 6) is -2.12. The fraction of sp³-hybridized carbons (Fsp3) is 0.341. The van der Waals surface area contributed by atoms with E-state index in [1.54, 1.807) is 23.9 Å². The van der Waals surface area contributed by atoms with Gasteiger partial charge in [-0.25, -0.2) is 22.9 Å². The quantitative estimate of drug-likeness (QED) is 0.0972. The highest BCUT2D eigenvalue weighted by atomic mass is 32.2. The minimum absolute atomic E-state index is 0.0165. The van der Waals surface area contributed by atoms with Crippen LogP contribution in [0.1, 0.15) is 54.8 Å². The van der Waals surface area contributed by atoms with Gasteiger partial charge in [-0.1, -0.05) is 97.9 Å². The zero-order valence-electron chi connectivity index (χ0n) is 32.4. The normalized spacial score (nSPS) is 20.6. The molecular formula is C41H45F3N8O7S. The van der Waals surface area contributed by atoms with E-state index in [4.69, 9.17) is 24.9 Å². The third-order valence-electron chi connectivity index (χ3n) is 10.2. The SMILES string of the molecule is CCC(=O)N[C@H]1C[C@@H](n2cnc3c(NCC(c4ccccc4)c4ccccc4)nc(N4CC[C@@H](NS(=O)(=O)/C=C/c5ccccc5)C4)nc32)[C@H](O)[C@@H]1O.O=C(O)C(F)(F)F. The monoisotopic (exact) mass is 850 g/mol. The van der Waals surface area contributed by atoms with Gasteiger partial charge >= 0.3 is 12.1 Å². The van der Waals surface area contributed by atoms with Crippen LogP contribution in [0.15, 0.2) is 103 Å². The number of aliphatic hydroxyl groups excluding tert-OH is 2. The fourth-order valence-corrected chi connectivity index (χ4v) is 8.26. The van der Waals surface area contributed by atoms with Gasteiger partial charge < -0.3 is 35.4 Å². The lowest BCUT2D eigenvalue weighted by atomic mass is 9.91. The summed E-state index contributed by atoms with van der Waals surface area (Å²) in [5.41, 5.74) is 3.97. The van der Waals surface area contributed by atoms with E-state index in [2.05, 4.69) is 39.6 Å². The van der Waals surface area contributed by atoms with E-state index >= 15 is 0 Å². The van der Waals surface area contributed by atoms with Crippen LogP contribution in [0.2, 0.25) is 0 Å². The minimum atomic E-state index is -5.08. The first kappa shape index (κ1) is 43.7. The first-order valence-electron chi connectivity index (χ1n) is 19.2. The summed E-state index contributed by atoms with van der Waals surface area (Å²) in [5, 5.41) is 36.8. The Morgan fingerprint density at radius 3 is 2.12 bits per heavy atom. The second kappa shape index (κ2) is 19.0. The van der Waals surface area contributed by atoms with Crippen molar-refractivity contribution in [3.63, 3.8) is 0 Å². The number of carbonyl (C=O) groups excluding carboxylic acids is 1. The van der Waals surface area contributed by atoms with Gasteiger partial charge in [0, 0.05) is 43.4 Å². The highest BCUT2D eigenvalue weighted by molar-refractivity contribution is 7.92. The number of aliphatic hydroxyl groups is 2. The van der Waals surface area contributed by atoms with Gasteiger partial charge in [0.2, 0.25) is 21.9 Å². The molecule has 7 rings (SSSR count). The van der Waals surface area contributed by atoms with Crippen LogP contribution < -0.4 is 20.3 Å². The van der Waals surface area contributed by atoms with Gasteiger partial charge in [-0.15, -0.1) is 0 Å². The first-order chi connectivity index (χ1) is 28.6. The molecule has 0 spiro atoms. The zero-order valence-corrected chi connectivity index (χ0v) is 33.2. The molecule has 1 aliphatic carbocycles. The van der Waals surface area contributed by atoms with Crippen molar-refractivity contribution in [1.29, 1.82) is 0 Å². The van der Waals surface area contributed by atoms with Gasteiger partial charge in [0.25, 0.3) is 0 Å².